The Balaban J connectivity index is 1.52. The average molecular weight is 516 g/mol. The third-order valence-corrected chi connectivity index (χ3v) is 7.18. The van der Waals surface area contributed by atoms with E-state index >= 15 is 0 Å². The molecule has 8 heteroatoms. The molecular weight excluding hydrogens is 478 g/mol. The van der Waals surface area contributed by atoms with Gasteiger partial charge in [0.1, 0.15) is 11.3 Å². The molecular formula is C30H37N5O3. The van der Waals surface area contributed by atoms with Crippen LogP contribution in [0.15, 0.2) is 70.8 Å². The molecule has 38 heavy (non-hydrogen) atoms. The number of benzene rings is 1. The quantitative estimate of drug-likeness (QED) is 0.388. The summed E-state index contributed by atoms with van der Waals surface area (Å²) in [5.41, 5.74) is 2.57. The van der Waals surface area contributed by atoms with E-state index in [9.17, 15) is 14.4 Å². The number of likely N-dealkylation sites (tertiary alicyclic amines) is 1. The van der Waals surface area contributed by atoms with Crippen LogP contribution in [-0.4, -0.2) is 43.0 Å². The van der Waals surface area contributed by atoms with Crippen molar-refractivity contribution < 1.29 is 4.79 Å². The monoisotopic (exact) mass is 515 g/mol. The highest BCUT2D eigenvalue weighted by Gasteiger charge is 2.24. The van der Waals surface area contributed by atoms with Crippen molar-refractivity contribution >= 4 is 17.1 Å². The number of piperidine rings is 1. The topological polar surface area (TPSA) is 93.0 Å². The minimum absolute atomic E-state index is 0.0180. The molecule has 0 bridgehead atoms. The summed E-state index contributed by atoms with van der Waals surface area (Å²) in [5, 5.41) is 0. The number of aromatic amines is 1. The van der Waals surface area contributed by atoms with Gasteiger partial charge in [0.25, 0.3) is 11.5 Å². The van der Waals surface area contributed by atoms with Crippen LogP contribution in [0.5, 0.6) is 0 Å². The minimum atomic E-state index is -0.353. The maximum Gasteiger partial charge on any atom is 0.332 e. The lowest BCUT2D eigenvalue weighted by Crippen LogP contribution is -2.40. The Labute approximate surface area is 223 Å². The Morgan fingerprint density at radius 3 is 2.32 bits per heavy atom. The number of imidazole rings is 1. The first-order valence-corrected chi connectivity index (χ1v) is 13.5. The lowest BCUT2D eigenvalue weighted by atomic mass is 9.89. The van der Waals surface area contributed by atoms with Gasteiger partial charge in [0.15, 0.2) is 5.65 Å². The zero-order valence-corrected chi connectivity index (χ0v) is 22.4. The summed E-state index contributed by atoms with van der Waals surface area (Å²) >= 11 is 0. The number of carbonyl (C=O) groups excluding carboxylic acids is 1. The zero-order chi connectivity index (χ0) is 27.2. The Morgan fingerprint density at radius 2 is 1.71 bits per heavy atom. The Morgan fingerprint density at radius 1 is 1.05 bits per heavy atom. The van der Waals surface area contributed by atoms with Crippen LogP contribution in [0, 0.1) is 5.92 Å². The maximum atomic E-state index is 13.2. The van der Waals surface area contributed by atoms with Crippen LogP contribution in [0.1, 0.15) is 56.3 Å². The van der Waals surface area contributed by atoms with E-state index in [0.717, 1.165) is 44.3 Å². The van der Waals surface area contributed by atoms with Crippen LogP contribution < -0.4 is 11.2 Å². The van der Waals surface area contributed by atoms with Crippen molar-refractivity contribution in [1.29, 1.82) is 0 Å². The van der Waals surface area contributed by atoms with Crippen molar-refractivity contribution in [1.82, 2.24) is 24.0 Å². The number of amides is 1. The van der Waals surface area contributed by atoms with E-state index in [4.69, 9.17) is 0 Å². The fourth-order valence-corrected chi connectivity index (χ4v) is 5.15. The van der Waals surface area contributed by atoms with E-state index in [1.165, 1.54) is 10.1 Å². The van der Waals surface area contributed by atoms with Crippen molar-refractivity contribution in [3.8, 4) is 11.4 Å². The fraction of sp³-hybridized carbons (Fsp3) is 0.400. The lowest BCUT2D eigenvalue weighted by Gasteiger charge is -2.32. The molecule has 4 rings (SSSR count). The molecule has 1 fully saturated rings. The molecule has 0 spiro atoms. The third-order valence-electron chi connectivity index (χ3n) is 7.18. The molecule has 1 aliphatic rings. The van der Waals surface area contributed by atoms with Crippen LogP contribution in [0.3, 0.4) is 0 Å². The second-order valence-corrected chi connectivity index (χ2v) is 9.87. The van der Waals surface area contributed by atoms with Gasteiger partial charge in [-0.15, -0.1) is 0 Å². The summed E-state index contributed by atoms with van der Waals surface area (Å²) in [7, 11) is 0. The standard InChI is InChI=1S/C30H37N5O3/c1-5-9-21(8-4)20-22-14-18-33(19-15-22)28(36)24-12-10-23(11-13-24)26-31-25-27(32-26)34(16-6-2)30(38)35(17-7-3)29(25)37/h5,8-13,22H,1,4,6-7,14-20H2,2-3H3,(H,31,32)/b21-9+. The molecule has 200 valence electrons. The fourth-order valence-electron chi connectivity index (χ4n) is 5.15. The van der Waals surface area contributed by atoms with Crippen LogP contribution >= 0.6 is 0 Å². The van der Waals surface area contributed by atoms with Gasteiger partial charge in [0.2, 0.25) is 0 Å². The Kier molecular flexibility index (Phi) is 8.61. The lowest BCUT2D eigenvalue weighted by molar-refractivity contribution is 0.0691. The molecule has 8 nitrogen and oxygen atoms in total. The molecule has 2 aromatic heterocycles. The van der Waals surface area contributed by atoms with Crippen LogP contribution in [0.4, 0.5) is 0 Å². The number of aryl methyl sites for hydroxylation is 1. The van der Waals surface area contributed by atoms with Gasteiger partial charge in [0, 0.05) is 37.3 Å². The average Bonchev–Trinajstić information content (AvgIpc) is 3.39. The van der Waals surface area contributed by atoms with E-state index in [1.807, 2.05) is 43.0 Å². The first-order valence-electron chi connectivity index (χ1n) is 13.5. The second kappa shape index (κ2) is 12.1. The molecule has 1 N–H and O–H groups in total. The molecule has 1 aliphatic heterocycles. The SMILES string of the molecule is C=C/C=C(\C=C)CC1CCN(C(=O)c2ccc(-c3nc4c([nH]3)c(=O)n(CCC)c(=O)n4CCC)cc2)CC1. The molecule has 3 aromatic rings. The normalized spacial score (nSPS) is 14.7. The summed E-state index contributed by atoms with van der Waals surface area (Å²) in [6.07, 6.45) is 9.97. The number of hydrogen-bond acceptors (Lipinski definition) is 4. The molecule has 3 heterocycles. The number of nitrogens with zero attached hydrogens (tertiary/aromatic N) is 4. The van der Waals surface area contributed by atoms with Crippen molar-refractivity contribution in [3.63, 3.8) is 0 Å². The first kappa shape index (κ1) is 27.1. The highest BCUT2D eigenvalue weighted by atomic mass is 16.2. The predicted molar refractivity (Wildman–Crippen MR) is 152 cm³/mol. The number of carbonyl (C=O) groups is 1. The van der Waals surface area contributed by atoms with E-state index in [1.54, 1.807) is 22.8 Å². The number of allylic oxidation sites excluding steroid dienone is 4. The molecule has 1 aromatic carbocycles. The molecule has 0 aliphatic carbocycles. The summed E-state index contributed by atoms with van der Waals surface area (Å²) in [4.78, 5) is 48.8. The van der Waals surface area contributed by atoms with Crippen molar-refractivity contribution in [2.24, 2.45) is 5.92 Å². The molecule has 0 atom stereocenters. The number of rotatable bonds is 10. The highest BCUT2D eigenvalue weighted by Crippen LogP contribution is 2.26. The number of nitrogens with one attached hydrogen (secondary N) is 1. The number of aromatic nitrogens is 4. The van der Waals surface area contributed by atoms with Crippen molar-refractivity contribution in [2.75, 3.05) is 13.1 Å². The van der Waals surface area contributed by atoms with Gasteiger partial charge in [-0.3, -0.25) is 18.7 Å². The molecule has 0 radical (unpaired) electrons. The maximum absolute atomic E-state index is 13.2. The molecule has 0 saturated carbocycles. The van der Waals surface area contributed by atoms with Crippen LogP contribution in [0.25, 0.3) is 22.6 Å². The number of H-pyrrole nitrogens is 1. The summed E-state index contributed by atoms with van der Waals surface area (Å²) in [6.45, 7) is 13.9. The molecule has 1 saturated heterocycles. The van der Waals surface area contributed by atoms with Gasteiger partial charge in [-0.05, 0) is 55.7 Å². The molecule has 0 unspecified atom stereocenters. The van der Waals surface area contributed by atoms with Gasteiger partial charge in [-0.1, -0.05) is 57.4 Å². The second-order valence-electron chi connectivity index (χ2n) is 9.87. The summed E-state index contributed by atoms with van der Waals surface area (Å²) in [5.74, 6) is 1.05. The van der Waals surface area contributed by atoms with Crippen LogP contribution in [0.2, 0.25) is 0 Å². The van der Waals surface area contributed by atoms with Crippen molar-refractivity contribution in [2.45, 2.75) is 59.0 Å². The zero-order valence-electron chi connectivity index (χ0n) is 22.4. The van der Waals surface area contributed by atoms with E-state index in [2.05, 4.69) is 23.1 Å². The third kappa shape index (κ3) is 5.49. The number of fused-ring (bicyclic) bond motifs is 1. The van der Waals surface area contributed by atoms with Gasteiger partial charge >= 0.3 is 5.69 Å². The van der Waals surface area contributed by atoms with Crippen LogP contribution in [-0.2, 0) is 13.1 Å². The van der Waals surface area contributed by atoms with E-state index < -0.39 is 0 Å². The number of hydrogen-bond donors (Lipinski definition) is 1. The molecule has 1 amide bonds. The Bertz CT molecular complexity index is 1460. The summed E-state index contributed by atoms with van der Waals surface area (Å²) in [6, 6.07) is 7.27. The van der Waals surface area contributed by atoms with Crippen molar-refractivity contribution in [3.05, 3.63) is 87.6 Å². The van der Waals surface area contributed by atoms with E-state index in [-0.39, 0.29) is 17.2 Å². The minimum Gasteiger partial charge on any atom is -0.339 e. The first-order chi connectivity index (χ1) is 18.4. The predicted octanol–water partition coefficient (Wildman–Crippen LogP) is 4.91. The largest absolute Gasteiger partial charge is 0.339 e. The van der Waals surface area contributed by atoms with Gasteiger partial charge in [0.05, 0.1) is 0 Å². The highest BCUT2D eigenvalue weighted by molar-refractivity contribution is 5.94. The smallest absolute Gasteiger partial charge is 0.332 e. The van der Waals surface area contributed by atoms with Gasteiger partial charge < -0.3 is 9.88 Å². The summed E-state index contributed by atoms with van der Waals surface area (Å²) < 4.78 is 2.85. The van der Waals surface area contributed by atoms with Gasteiger partial charge in [-0.25, -0.2) is 9.78 Å². The van der Waals surface area contributed by atoms with Gasteiger partial charge in [-0.2, -0.15) is 0 Å². The van der Waals surface area contributed by atoms with E-state index in [0.29, 0.717) is 48.0 Å². The Hall–Kier alpha value is -3.94.